The molecule has 1 atom stereocenters. The molecule has 1 aliphatic rings. The van der Waals surface area contributed by atoms with Crippen LogP contribution in [0.5, 0.6) is 0 Å². The molecule has 0 aliphatic carbocycles. The van der Waals surface area contributed by atoms with Crippen LogP contribution in [-0.4, -0.2) is 25.0 Å². The lowest BCUT2D eigenvalue weighted by Crippen LogP contribution is -2.45. The van der Waals surface area contributed by atoms with Crippen LogP contribution in [-0.2, 0) is 20.7 Å². The van der Waals surface area contributed by atoms with E-state index < -0.39 is 11.9 Å². The third-order valence-corrected chi connectivity index (χ3v) is 3.10. The fourth-order valence-corrected chi connectivity index (χ4v) is 2.18. The van der Waals surface area contributed by atoms with E-state index in [1.165, 1.54) is 12.0 Å². The van der Waals surface area contributed by atoms with Crippen LogP contribution < -0.4 is 4.90 Å². The van der Waals surface area contributed by atoms with Crippen molar-refractivity contribution < 1.29 is 14.3 Å². The molecule has 0 saturated heterocycles. The summed E-state index contributed by atoms with van der Waals surface area (Å²) in [5, 5.41) is 0. The minimum absolute atomic E-state index is 0.0245. The first-order valence-electron chi connectivity index (χ1n) is 5.64. The molecule has 4 nitrogen and oxygen atoms in total. The van der Waals surface area contributed by atoms with Gasteiger partial charge in [0.25, 0.3) is 0 Å². The molecule has 0 N–H and O–H groups in total. The van der Waals surface area contributed by atoms with Gasteiger partial charge in [0.2, 0.25) is 0 Å². The minimum Gasteiger partial charge on any atom is -0.462 e. The van der Waals surface area contributed by atoms with Gasteiger partial charge < -0.3 is 4.74 Å². The average Bonchev–Trinajstić information content (AvgIpc) is 2.37. The van der Waals surface area contributed by atoms with Crippen molar-refractivity contribution in [2.75, 3.05) is 12.0 Å². The number of nitrogens with zero attached hydrogens (tertiary/aromatic N) is 1. The van der Waals surface area contributed by atoms with Gasteiger partial charge in [-0.1, -0.05) is 18.2 Å². The van der Waals surface area contributed by atoms with Crippen molar-refractivity contribution in [1.82, 2.24) is 0 Å². The molecule has 1 aliphatic heterocycles. The second kappa shape index (κ2) is 4.57. The molecule has 1 heterocycles. The highest BCUT2D eigenvalue weighted by Crippen LogP contribution is 2.30. The van der Waals surface area contributed by atoms with Gasteiger partial charge in [0, 0.05) is 11.7 Å². The van der Waals surface area contributed by atoms with Crippen LogP contribution in [0.1, 0.15) is 18.9 Å². The van der Waals surface area contributed by atoms with Crippen LogP contribution in [0.4, 0.5) is 5.69 Å². The number of fused-ring (bicyclic) bond motifs is 1. The minimum atomic E-state index is -0.812. The Bertz CT molecular complexity index is 456. The van der Waals surface area contributed by atoms with Gasteiger partial charge in [0.15, 0.2) is 0 Å². The van der Waals surface area contributed by atoms with Crippen molar-refractivity contribution in [3.63, 3.8) is 0 Å². The molecular weight excluding hydrogens is 218 g/mol. The Labute approximate surface area is 100 Å². The Morgan fingerprint density at radius 1 is 1.35 bits per heavy atom. The number of hydrogen-bond donors (Lipinski definition) is 0. The Balaban J connectivity index is 2.39. The van der Waals surface area contributed by atoms with E-state index >= 15 is 0 Å². The van der Waals surface area contributed by atoms with Crippen molar-refractivity contribution >= 4 is 17.6 Å². The summed E-state index contributed by atoms with van der Waals surface area (Å²) in [6, 6.07) is 7.69. The van der Waals surface area contributed by atoms with Crippen LogP contribution in [0.2, 0.25) is 0 Å². The van der Waals surface area contributed by atoms with Crippen LogP contribution in [0.25, 0.3) is 0 Å². The standard InChI is InChI=1S/C13H15NO3/c1-9-7-8-10-5-3-4-6-11(10)14(9)12(15)13(16)17-2/h3-6,9H,7-8H2,1-2H3. The van der Waals surface area contributed by atoms with Gasteiger partial charge in [0.05, 0.1) is 7.11 Å². The number of amides is 1. The van der Waals surface area contributed by atoms with Gasteiger partial charge in [-0.3, -0.25) is 9.69 Å². The molecule has 1 aromatic carbocycles. The molecule has 0 fully saturated rings. The molecule has 0 spiro atoms. The summed E-state index contributed by atoms with van der Waals surface area (Å²) in [6.45, 7) is 1.94. The zero-order chi connectivity index (χ0) is 12.4. The largest absolute Gasteiger partial charge is 0.462 e. The van der Waals surface area contributed by atoms with Crippen LogP contribution in [0.3, 0.4) is 0 Å². The number of carbonyl (C=O) groups is 2. The molecule has 1 amide bonds. The Morgan fingerprint density at radius 2 is 2.06 bits per heavy atom. The summed E-state index contributed by atoms with van der Waals surface area (Å²) < 4.78 is 4.50. The number of rotatable bonds is 0. The zero-order valence-electron chi connectivity index (χ0n) is 9.97. The normalized spacial score (nSPS) is 18.5. The molecule has 1 aromatic rings. The predicted molar refractivity (Wildman–Crippen MR) is 63.7 cm³/mol. The number of anilines is 1. The first kappa shape index (κ1) is 11.6. The summed E-state index contributed by atoms with van der Waals surface area (Å²) in [7, 11) is 1.22. The third-order valence-electron chi connectivity index (χ3n) is 3.10. The number of methoxy groups -OCH3 is 1. The lowest BCUT2D eigenvalue weighted by Gasteiger charge is -2.34. The summed E-state index contributed by atoms with van der Waals surface area (Å²) in [4.78, 5) is 24.8. The fraction of sp³-hybridized carbons (Fsp3) is 0.385. The number of carbonyl (C=O) groups excluding carboxylic acids is 2. The number of benzene rings is 1. The molecule has 4 heteroatoms. The van der Waals surface area contributed by atoms with E-state index in [9.17, 15) is 9.59 Å². The first-order valence-corrected chi connectivity index (χ1v) is 5.64. The van der Waals surface area contributed by atoms with E-state index in [2.05, 4.69) is 4.74 Å². The van der Waals surface area contributed by atoms with Crippen molar-refractivity contribution in [2.45, 2.75) is 25.8 Å². The summed E-state index contributed by atoms with van der Waals surface area (Å²) in [6.07, 6.45) is 1.79. The van der Waals surface area contributed by atoms with Crippen molar-refractivity contribution in [1.29, 1.82) is 0 Å². The molecule has 0 bridgehead atoms. The quantitative estimate of drug-likeness (QED) is 0.504. The highest BCUT2D eigenvalue weighted by Gasteiger charge is 2.32. The number of hydrogen-bond acceptors (Lipinski definition) is 3. The van der Waals surface area contributed by atoms with Gasteiger partial charge in [-0.15, -0.1) is 0 Å². The SMILES string of the molecule is COC(=O)C(=O)N1c2ccccc2CCC1C. The number of para-hydroxylation sites is 1. The van der Waals surface area contributed by atoms with Crippen LogP contribution in [0.15, 0.2) is 24.3 Å². The lowest BCUT2D eigenvalue weighted by atomic mass is 9.96. The second-order valence-corrected chi connectivity index (χ2v) is 4.18. The van der Waals surface area contributed by atoms with E-state index in [1.807, 2.05) is 31.2 Å². The van der Waals surface area contributed by atoms with E-state index in [0.717, 1.165) is 24.1 Å². The van der Waals surface area contributed by atoms with Gasteiger partial charge in [-0.05, 0) is 31.4 Å². The smallest absolute Gasteiger partial charge is 0.397 e. The summed E-state index contributed by atoms with van der Waals surface area (Å²) >= 11 is 0. The molecule has 2 rings (SSSR count). The van der Waals surface area contributed by atoms with Crippen LogP contribution in [0, 0.1) is 0 Å². The zero-order valence-corrected chi connectivity index (χ0v) is 9.97. The van der Waals surface area contributed by atoms with Gasteiger partial charge >= 0.3 is 11.9 Å². The molecular formula is C13H15NO3. The van der Waals surface area contributed by atoms with E-state index in [4.69, 9.17) is 0 Å². The van der Waals surface area contributed by atoms with E-state index in [-0.39, 0.29) is 6.04 Å². The first-order chi connectivity index (χ1) is 8.15. The predicted octanol–water partition coefficient (Wildman–Crippen LogP) is 1.53. The lowest BCUT2D eigenvalue weighted by molar-refractivity contribution is -0.151. The average molecular weight is 233 g/mol. The monoisotopic (exact) mass is 233 g/mol. The maximum atomic E-state index is 12.0. The maximum Gasteiger partial charge on any atom is 0.397 e. The fourth-order valence-electron chi connectivity index (χ4n) is 2.18. The summed E-state index contributed by atoms with van der Waals surface area (Å²) in [5.41, 5.74) is 1.92. The van der Waals surface area contributed by atoms with Gasteiger partial charge in [0.1, 0.15) is 0 Å². The van der Waals surface area contributed by atoms with Gasteiger partial charge in [-0.25, -0.2) is 4.79 Å². The third kappa shape index (κ3) is 2.02. The molecule has 0 radical (unpaired) electrons. The summed E-state index contributed by atoms with van der Waals surface area (Å²) in [5.74, 6) is -1.40. The van der Waals surface area contributed by atoms with E-state index in [1.54, 1.807) is 0 Å². The highest BCUT2D eigenvalue weighted by atomic mass is 16.5. The Hall–Kier alpha value is -1.84. The highest BCUT2D eigenvalue weighted by molar-refractivity contribution is 6.38. The molecule has 0 aromatic heterocycles. The Kier molecular flexibility index (Phi) is 3.13. The number of esters is 1. The second-order valence-electron chi connectivity index (χ2n) is 4.18. The molecule has 90 valence electrons. The van der Waals surface area contributed by atoms with Crippen molar-refractivity contribution in [3.05, 3.63) is 29.8 Å². The topological polar surface area (TPSA) is 46.6 Å². The van der Waals surface area contributed by atoms with Gasteiger partial charge in [-0.2, -0.15) is 0 Å². The molecule has 0 saturated carbocycles. The van der Waals surface area contributed by atoms with Crippen LogP contribution >= 0.6 is 0 Å². The molecule has 17 heavy (non-hydrogen) atoms. The molecule has 1 unspecified atom stereocenters. The van der Waals surface area contributed by atoms with Crippen molar-refractivity contribution in [2.24, 2.45) is 0 Å². The van der Waals surface area contributed by atoms with Crippen molar-refractivity contribution in [3.8, 4) is 0 Å². The van der Waals surface area contributed by atoms with E-state index in [0.29, 0.717) is 0 Å². The maximum absolute atomic E-state index is 12.0. The Morgan fingerprint density at radius 3 is 2.76 bits per heavy atom. The number of aryl methyl sites for hydroxylation is 1. The number of ether oxygens (including phenoxy) is 1.